The second-order valence-corrected chi connectivity index (χ2v) is 27.5. The Hall–Kier alpha value is -11.3. The van der Waals surface area contributed by atoms with Crippen LogP contribution in [0.3, 0.4) is 0 Å². The molecule has 13 aromatic rings. The monoisotopic (exact) mass is 1330 g/mol. The fourth-order valence-electron chi connectivity index (χ4n) is 14.1. The molecule has 6 heteroatoms. The molecule has 13 aromatic carbocycles. The minimum Gasteiger partial charge on any atom is -0.310 e. The lowest BCUT2D eigenvalue weighted by Crippen LogP contribution is -2.15. The summed E-state index contributed by atoms with van der Waals surface area (Å²) < 4.78 is 0. The van der Waals surface area contributed by atoms with Crippen molar-refractivity contribution < 1.29 is 0 Å². The highest BCUT2D eigenvalue weighted by Crippen LogP contribution is 2.47. The van der Waals surface area contributed by atoms with Gasteiger partial charge in [0, 0.05) is 102 Å². The summed E-state index contributed by atoms with van der Waals surface area (Å²) in [7, 11) is 0. The molecule has 0 bridgehead atoms. The molecule has 0 aliphatic heterocycles. The number of hydrogen-bond acceptors (Lipinski definition) is 6. The van der Waals surface area contributed by atoms with Gasteiger partial charge in [0.25, 0.3) is 0 Å². The molecule has 0 saturated heterocycles. The van der Waals surface area contributed by atoms with Crippen molar-refractivity contribution in [1.82, 2.24) is 0 Å². The maximum Gasteiger partial charge on any atom is 0.0493 e. The third-order valence-corrected chi connectivity index (χ3v) is 19.5. The summed E-state index contributed by atoms with van der Waals surface area (Å²) in [5.74, 6) is 0. The summed E-state index contributed by atoms with van der Waals surface area (Å²) in [6.45, 7) is 20.0. The van der Waals surface area contributed by atoms with E-state index >= 15 is 0 Å². The molecule has 510 valence electrons. The Bertz CT molecular complexity index is 4850. The van der Waals surface area contributed by atoms with Gasteiger partial charge >= 0.3 is 0 Å². The van der Waals surface area contributed by atoms with Crippen molar-refractivity contribution in [2.45, 2.75) is 120 Å². The highest BCUT2D eigenvalue weighted by atomic mass is 15.2. The van der Waals surface area contributed by atoms with Gasteiger partial charge in [0.05, 0.1) is 0 Å². The number of nitrogens with zero attached hydrogens (tertiary/aromatic N) is 6. The molecule has 0 aliphatic carbocycles. The van der Waals surface area contributed by atoms with Gasteiger partial charge in [-0.2, -0.15) is 0 Å². The van der Waals surface area contributed by atoms with Crippen LogP contribution in [0.15, 0.2) is 309 Å². The van der Waals surface area contributed by atoms with Crippen LogP contribution in [0.25, 0.3) is 0 Å². The first-order chi connectivity index (χ1) is 49.9. The van der Waals surface area contributed by atoms with Gasteiger partial charge in [0.2, 0.25) is 0 Å². The quantitative estimate of drug-likeness (QED) is 0.0507. The van der Waals surface area contributed by atoms with Crippen molar-refractivity contribution in [2.24, 2.45) is 0 Å². The van der Waals surface area contributed by atoms with Crippen molar-refractivity contribution in [3.8, 4) is 0 Å². The Labute approximate surface area is 607 Å². The third kappa shape index (κ3) is 16.0. The molecular formula is C96H96N6. The predicted octanol–water partition coefficient (Wildman–Crippen LogP) is 28.4. The van der Waals surface area contributed by atoms with Gasteiger partial charge in [-0.1, -0.05) is 160 Å². The van der Waals surface area contributed by atoms with Crippen LogP contribution >= 0.6 is 0 Å². The van der Waals surface area contributed by atoms with Gasteiger partial charge in [-0.3, -0.25) is 0 Å². The molecule has 0 N–H and O–H groups in total. The number of para-hydroxylation sites is 3. The minimum atomic E-state index is 0.968. The van der Waals surface area contributed by atoms with Crippen LogP contribution in [-0.2, 0) is 19.3 Å². The first-order valence-corrected chi connectivity index (χ1v) is 36.8. The number of unbranched alkanes of at least 4 members (excludes halogenated alkanes) is 3. The van der Waals surface area contributed by atoms with E-state index in [1.807, 2.05) is 0 Å². The Morgan fingerprint density at radius 1 is 0.186 bits per heavy atom. The zero-order valence-corrected chi connectivity index (χ0v) is 61.0. The van der Waals surface area contributed by atoms with Gasteiger partial charge in [0.1, 0.15) is 0 Å². The zero-order valence-electron chi connectivity index (χ0n) is 61.0. The number of benzene rings is 13. The van der Waals surface area contributed by atoms with Crippen LogP contribution in [-0.4, -0.2) is 0 Å². The summed E-state index contributed by atoms with van der Waals surface area (Å²) in [5.41, 5.74) is 31.1. The molecule has 0 radical (unpaired) electrons. The largest absolute Gasteiger partial charge is 0.310 e. The molecule has 6 nitrogen and oxygen atoms in total. The van der Waals surface area contributed by atoms with Crippen molar-refractivity contribution in [3.05, 3.63) is 359 Å². The predicted molar refractivity (Wildman–Crippen MR) is 439 cm³/mol. The molecule has 0 atom stereocenters. The van der Waals surface area contributed by atoms with Gasteiger partial charge in [0.15, 0.2) is 0 Å². The normalized spacial score (nSPS) is 11.1. The van der Waals surface area contributed by atoms with Crippen LogP contribution in [0.1, 0.15) is 109 Å². The fraction of sp³-hybridized carbons (Fsp3) is 0.188. The molecule has 0 fully saturated rings. The molecule has 0 aliphatic rings. The molecule has 0 aromatic heterocycles. The highest BCUT2D eigenvalue weighted by molar-refractivity contribution is 5.89. The Kier molecular flexibility index (Phi) is 21.9. The molecule has 102 heavy (non-hydrogen) atoms. The maximum atomic E-state index is 2.51. The van der Waals surface area contributed by atoms with Gasteiger partial charge in [-0.05, 0) is 319 Å². The first-order valence-electron chi connectivity index (χ1n) is 36.8. The summed E-state index contributed by atoms with van der Waals surface area (Å²) >= 11 is 0. The topological polar surface area (TPSA) is 19.4 Å². The molecule has 0 heterocycles. The number of anilines is 18. The van der Waals surface area contributed by atoms with Crippen LogP contribution in [0.5, 0.6) is 0 Å². The molecule has 0 unspecified atom stereocenters. The minimum absolute atomic E-state index is 0.968. The Balaban J connectivity index is 0.935. The second kappa shape index (κ2) is 32.3. The fourth-order valence-corrected chi connectivity index (χ4v) is 14.1. The Morgan fingerprint density at radius 3 is 0.873 bits per heavy atom. The lowest BCUT2D eigenvalue weighted by atomic mass is 9.99. The van der Waals surface area contributed by atoms with E-state index in [9.17, 15) is 0 Å². The maximum absolute atomic E-state index is 2.51. The van der Waals surface area contributed by atoms with E-state index in [0.29, 0.717) is 0 Å². The average molecular weight is 1330 g/mol. The van der Waals surface area contributed by atoms with Crippen molar-refractivity contribution in [1.29, 1.82) is 0 Å². The molecule has 13 rings (SSSR count). The lowest BCUT2D eigenvalue weighted by molar-refractivity contribution is 0.780. The van der Waals surface area contributed by atoms with Gasteiger partial charge in [-0.15, -0.1) is 0 Å². The number of aryl methyl sites for hydroxylation is 9. The van der Waals surface area contributed by atoms with E-state index < -0.39 is 0 Å². The van der Waals surface area contributed by atoms with Gasteiger partial charge in [-0.25, -0.2) is 0 Å². The summed E-state index contributed by atoms with van der Waals surface area (Å²) in [6.07, 6.45) is 9.93. The summed E-state index contributed by atoms with van der Waals surface area (Å²) in [5, 5.41) is 0. The van der Waals surface area contributed by atoms with E-state index in [1.54, 1.807) is 0 Å². The van der Waals surface area contributed by atoms with Crippen LogP contribution < -0.4 is 29.4 Å². The summed E-state index contributed by atoms with van der Waals surface area (Å²) in [6, 6.07) is 115. The van der Waals surface area contributed by atoms with E-state index in [1.165, 1.54) is 55.8 Å². The molecule has 0 saturated carbocycles. The third-order valence-electron chi connectivity index (χ3n) is 19.5. The number of rotatable bonds is 27. The van der Waals surface area contributed by atoms with Crippen molar-refractivity contribution in [3.63, 3.8) is 0 Å². The number of hydrogen-bond donors (Lipinski definition) is 0. The van der Waals surface area contributed by atoms with Crippen LogP contribution in [0.4, 0.5) is 102 Å². The Morgan fingerprint density at radius 2 is 0.471 bits per heavy atom. The molecular weight excluding hydrogens is 1240 g/mol. The lowest BCUT2D eigenvalue weighted by Gasteiger charge is -2.32. The molecule has 0 spiro atoms. The zero-order chi connectivity index (χ0) is 70.5. The average Bonchev–Trinajstić information content (AvgIpc) is 0.770. The SMILES string of the molecule is CCCCc1cc(CCCC)cc(N(c2ccccc2)c2cc(CCCC)cc(N(c3ccc(C)cc3)c3ccc(N(c4ccc(N(c5ccccc5)c5cccc(C)c5)cc4)c4ccc(N(c5ccc(N(c6ccc(C)cc6)c6ccccc6C)cc5)c5cc(C)ccc5C)cc4)cc3)c2)c1. The van der Waals surface area contributed by atoms with E-state index in [0.717, 1.165) is 154 Å². The first kappa shape index (κ1) is 69.2. The van der Waals surface area contributed by atoms with E-state index in [4.69, 9.17) is 0 Å². The van der Waals surface area contributed by atoms with Crippen molar-refractivity contribution >= 4 is 102 Å². The van der Waals surface area contributed by atoms with Crippen LogP contribution in [0, 0.1) is 41.5 Å². The van der Waals surface area contributed by atoms with E-state index in [-0.39, 0.29) is 0 Å². The van der Waals surface area contributed by atoms with E-state index in [2.05, 4.69) is 401 Å². The van der Waals surface area contributed by atoms with Gasteiger partial charge < -0.3 is 29.4 Å². The molecule has 0 amide bonds. The summed E-state index contributed by atoms with van der Waals surface area (Å²) in [4.78, 5) is 14.5. The standard InChI is InChI=1S/C96H96N6/c1-10-13-27-76-64-77(28-14-11-2)66-92(65-76)100(80-32-20-17-21-33-80)94-68-78(29-15-12-3)67-93(69-94)99(81-42-37-70(4)38-43-81)86-52-48-83(49-53-86)97(82-46-50-85(51-47-82)98(79-30-18-16-19-31-79)91-34-24-25-72(6)62-91)84-54-56-89(57-55-84)102(96-63-73(7)36-41-75(96)9)90-60-58-88(59-61-90)101(87-44-39-71(5)40-45-87)95-35-23-22-26-74(95)8/h16-26,30-69H,10-15,27-29H2,1-9H3. The highest BCUT2D eigenvalue weighted by Gasteiger charge is 2.24. The smallest absolute Gasteiger partial charge is 0.0493 e. The van der Waals surface area contributed by atoms with Crippen LogP contribution in [0.2, 0.25) is 0 Å². The second-order valence-electron chi connectivity index (χ2n) is 27.5. The van der Waals surface area contributed by atoms with Crippen molar-refractivity contribution in [2.75, 3.05) is 29.4 Å².